The Labute approximate surface area is 132 Å². The molecule has 0 aliphatic carbocycles. The summed E-state index contributed by atoms with van der Waals surface area (Å²) in [5.41, 5.74) is 6.38. The Morgan fingerprint density at radius 1 is 1.00 bits per heavy atom. The smallest absolute Gasteiger partial charge is 0.275 e. The van der Waals surface area contributed by atoms with Gasteiger partial charge in [0.15, 0.2) is 0 Å². The number of carbonyl (C=O) groups excluding carboxylic acids is 1. The lowest BCUT2D eigenvalue weighted by atomic mass is 10.1. The van der Waals surface area contributed by atoms with Gasteiger partial charge >= 0.3 is 0 Å². The molecule has 0 atom stereocenters. The number of aliphatic imine (C=N–C) groups is 1. The number of halogens is 1. The summed E-state index contributed by atoms with van der Waals surface area (Å²) in [5, 5.41) is 2.90. The Balaban J connectivity index is 2.14. The van der Waals surface area contributed by atoms with Gasteiger partial charge in [-0.1, -0.05) is 22.0 Å². The fraction of sp³-hybridized carbons (Fsp3) is 0.176. The van der Waals surface area contributed by atoms with Crippen LogP contribution in [-0.4, -0.2) is 11.6 Å². The van der Waals surface area contributed by atoms with E-state index in [-0.39, 0.29) is 5.91 Å². The van der Waals surface area contributed by atoms with Gasteiger partial charge in [-0.05, 0) is 61.7 Å². The Kier molecular flexibility index (Phi) is 3.41. The second-order valence-electron chi connectivity index (χ2n) is 5.33. The molecular weight excluding hydrogens is 328 g/mol. The van der Waals surface area contributed by atoms with Gasteiger partial charge in [-0.25, -0.2) is 4.99 Å². The number of nitrogens with one attached hydrogen (secondary N) is 1. The zero-order valence-corrected chi connectivity index (χ0v) is 13.7. The number of aryl methyl sites for hydroxylation is 3. The first kappa shape index (κ1) is 14.0. The van der Waals surface area contributed by atoms with E-state index in [9.17, 15) is 4.79 Å². The molecule has 1 aliphatic rings. The van der Waals surface area contributed by atoms with Crippen molar-refractivity contribution in [3.63, 3.8) is 0 Å². The molecule has 1 N–H and O–H groups in total. The highest BCUT2D eigenvalue weighted by Crippen LogP contribution is 2.32. The molecule has 0 spiro atoms. The first-order valence-electron chi connectivity index (χ1n) is 6.73. The van der Waals surface area contributed by atoms with Gasteiger partial charge in [0.1, 0.15) is 5.71 Å². The minimum absolute atomic E-state index is 0.149. The van der Waals surface area contributed by atoms with Crippen molar-refractivity contribution >= 4 is 38.9 Å². The van der Waals surface area contributed by atoms with Crippen molar-refractivity contribution in [1.29, 1.82) is 0 Å². The molecule has 0 saturated carbocycles. The summed E-state index contributed by atoms with van der Waals surface area (Å²) in [6, 6.07) is 9.87. The maximum atomic E-state index is 12.2. The molecule has 0 aromatic heterocycles. The lowest BCUT2D eigenvalue weighted by Gasteiger charge is -2.04. The molecule has 1 amide bonds. The van der Waals surface area contributed by atoms with E-state index in [1.165, 1.54) is 11.1 Å². The number of benzene rings is 2. The zero-order valence-electron chi connectivity index (χ0n) is 12.1. The maximum Gasteiger partial charge on any atom is 0.275 e. The first-order valence-corrected chi connectivity index (χ1v) is 7.53. The third-order valence-corrected chi connectivity index (χ3v) is 4.20. The van der Waals surface area contributed by atoms with E-state index in [2.05, 4.69) is 33.2 Å². The molecule has 2 aromatic carbocycles. The molecule has 0 fully saturated rings. The lowest BCUT2D eigenvalue weighted by molar-refractivity contribution is -0.110. The van der Waals surface area contributed by atoms with Crippen LogP contribution in [0.4, 0.5) is 11.4 Å². The van der Waals surface area contributed by atoms with Crippen LogP contribution < -0.4 is 5.32 Å². The molecule has 1 aliphatic heterocycles. The molecule has 0 radical (unpaired) electrons. The summed E-state index contributed by atoms with van der Waals surface area (Å²) >= 11 is 3.48. The summed E-state index contributed by atoms with van der Waals surface area (Å²) in [7, 11) is 0. The van der Waals surface area contributed by atoms with E-state index in [0.29, 0.717) is 5.71 Å². The molecule has 3 nitrogen and oxygen atoms in total. The average molecular weight is 343 g/mol. The van der Waals surface area contributed by atoms with Gasteiger partial charge in [-0.3, -0.25) is 4.79 Å². The Morgan fingerprint density at radius 2 is 1.76 bits per heavy atom. The predicted octanol–water partition coefficient (Wildman–Crippen LogP) is 4.45. The average Bonchev–Trinajstić information content (AvgIpc) is 2.72. The van der Waals surface area contributed by atoms with Crippen molar-refractivity contribution in [2.24, 2.45) is 4.99 Å². The van der Waals surface area contributed by atoms with E-state index in [0.717, 1.165) is 27.0 Å². The van der Waals surface area contributed by atoms with E-state index in [1.807, 2.05) is 44.2 Å². The van der Waals surface area contributed by atoms with Crippen molar-refractivity contribution in [2.45, 2.75) is 20.8 Å². The number of rotatable bonds is 1. The number of anilines is 1. The Hall–Kier alpha value is -1.94. The molecule has 2 aromatic rings. The summed E-state index contributed by atoms with van der Waals surface area (Å²) in [5.74, 6) is -0.149. The van der Waals surface area contributed by atoms with Crippen LogP contribution in [0.2, 0.25) is 0 Å². The fourth-order valence-corrected chi connectivity index (χ4v) is 3.00. The van der Waals surface area contributed by atoms with Crippen molar-refractivity contribution in [3.8, 4) is 0 Å². The van der Waals surface area contributed by atoms with Gasteiger partial charge in [0.05, 0.1) is 11.4 Å². The van der Waals surface area contributed by atoms with Gasteiger partial charge in [-0.15, -0.1) is 0 Å². The molecule has 106 valence electrons. The molecule has 1 heterocycles. The molecule has 0 unspecified atom stereocenters. The number of amides is 1. The van der Waals surface area contributed by atoms with Crippen LogP contribution in [-0.2, 0) is 4.79 Å². The summed E-state index contributed by atoms with van der Waals surface area (Å²) in [6.07, 6.45) is 0. The second-order valence-corrected chi connectivity index (χ2v) is 6.24. The van der Waals surface area contributed by atoms with Crippen molar-refractivity contribution < 1.29 is 4.79 Å². The van der Waals surface area contributed by atoms with Crippen LogP contribution in [0.3, 0.4) is 0 Å². The molecular formula is C17H15BrN2O. The second kappa shape index (κ2) is 5.11. The van der Waals surface area contributed by atoms with Gasteiger partial charge in [-0.2, -0.15) is 0 Å². The van der Waals surface area contributed by atoms with E-state index in [4.69, 9.17) is 0 Å². The van der Waals surface area contributed by atoms with Crippen molar-refractivity contribution in [1.82, 2.24) is 0 Å². The lowest BCUT2D eigenvalue weighted by Crippen LogP contribution is -2.14. The first-order chi connectivity index (χ1) is 9.95. The van der Waals surface area contributed by atoms with Crippen LogP contribution in [0.5, 0.6) is 0 Å². The Morgan fingerprint density at radius 3 is 2.48 bits per heavy atom. The highest BCUT2D eigenvalue weighted by atomic mass is 79.9. The van der Waals surface area contributed by atoms with Crippen LogP contribution >= 0.6 is 15.9 Å². The number of hydrogen-bond donors (Lipinski definition) is 1. The topological polar surface area (TPSA) is 41.5 Å². The van der Waals surface area contributed by atoms with Gasteiger partial charge in [0.2, 0.25) is 0 Å². The Bertz CT molecular complexity index is 794. The summed E-state index contributed by atoms with van der Waals surface area (Å²) in [4.78, 5) is 16.7. The van der Waals surface area contributed by atoms with Gasteiger partial charge < -0.3 is 5.32 Å². The highest BCUT2D eigenvalue weighted by Gasteiger charge is 2.27. The van der Waals surface area contributed by atoms with Gasteiger partial charge in [0, 0.05) is 10.0 Å². The fourth-order valence-electron chi connectivity index (χ4n) is 2.43. The van der Waals surface area contributed by atoms with E-state index >= 15 is 0 Å². The normalized spacial score (nSPS) is 15.2. The van der Waals surface area contributed by atoms with Crippen LogP contribution in [0.25, 0.3) is 0 Å². The van der Waals surface area contributed by atoms with Gasteiger partial charge in [0.25, 0.3) is 5.91 Å². The maximum absolute atomic E-state index is 12.2. The molecule has 0 bridgehead atoms. The van der Waals surface area contributed by atoms with E-state index in [1.54, 1.807) is 0 Å². The quantitative estimate of drug-likeness (QED) is 0.817. The summed E-state index contributed by atoms with van der Waals surface area (Å²) in [6.45, 7) is 6.08. The molecule has 0 saturated heterocycles. The molecule has 3 rings (SSSR count). The van der Waals surface area contributed by atoms with Crippen LogP contribution in [0, 0.1) is 20.8 Å². The molecule has 4 heteroatoms. The largest absolute Gasteiger partial charge is 0.320 e. The van der Waals surface area contributed by atoms with Crippen LogP contribution in [0.1, 0.15) is 22.3 Å². The van der Waals surface area contributed by atoms with Crippen molar-refractivity contribution in [3.05, 3.63) is 57.1 Å². The predicted molar refractivity (Wildman–Crippen MR) is 89.6 cm³/mol. The highest BCUT2D eigenvalue weighted by molar-refractivity contribution is 9.10. The monoisotopic (exact) mass is 342 g/mol. The third kappa shape index (κ3) is 2.51. The standard InChI is InChI=1S/C17H15BrN2O/c1-9-4-5-13(7-10(9)2)19-16-14-8-12(18)6-11(3)15(14)20-17(16)21/h4-8H,1-3H3,(H,19,20,21). The van der Waals surface area contributed by atoms with E-state index < -0.39 is 0 Å². The van der Waals surface area contributed by atoms with Crippen LogP contribution in [0.15, 0.2) is 39.8 Å². The minimum Gasteiger partial charge on any atom is -0.320 e. The summed E-state index contributed by atoms with van der Waals surface area (Å²) < 4.78 is 0.947. The number of hydrogen-bond acceptors (Lipinski definition) is 2. The minimum atomic E-state index is -0.149. The van der Waals surface area contributed by atoms with Crippen molar-refractivity contribution in [2.75, 3.05) is 5.32 Å². The SMILES string of the molecule is Cc1ccc(N=C2C(=O)Nc3c(C)cc(Br)cc32)cc1C. The third-order valence-electron chi connectivity index (χ3n) is 3.74. The molecule has 21 heavy (non-hydrogen) atoms. The zero-order chi connectivity index (χ0) is 15.1. The number of fused-ring (bicyclic) bond motifs is 1. The number of nitrogens with zero attached hydrogens (tertiary/aromatic N) is 1. The number of carbonyl (C=O) groups is 1.